The Morgan fingerprint density at radius 1 is 1.43 bits per heavy atom. The number of non-ortho nitro benzene ring substituents is 1. The van der Waals surface area contributed by atoms with Crippen LogP contribution in [0.15, 0.2) is 24.3 Å². The Kier molecular flexibility index (Phi) is 8.41. The third-order valence-corrected chi connectivity index (χ3v) is 5.51. The van der Waals surface area contributed by atoms with Crippen LogP contribution in [0.4, 0.5) is 10.5 Å². The van der Waals surface area contributed by atoms with Crippen molar-refractivity contribution in [1.29, 1.82) is 5.26 Å². The minimum Gasteiger partial charge on any atom is -0.445 e. The number of thiol groups is 1. The lowest BCUT2D eigenvalue weighted by atomic mass is 10.2. The van der Waals surface area contributed by atoms with Crippen LogP contribution in [-0.2, 0) is 16.1 Å². The van der Waals surface area contributed by atoms with Gasteiger partial charge in [-0.3, -0.25) is 14.9 Å². The van der Waals surface area contributed by atoms with Crippen molar-refractivity contribution in [1.82, 2.24) is 10.2 Å². The summed E-state index contributed by atoms with van der Waals surface area (Å²) >= 11 is 5.83. The van der Waals surface area contributed by atoms with Gasteiger partial charge in [-0.05, 0) is 24.1 Å². The summed E-state index contributed by atoms with van der Waals surface area (Å²) in [6.07, 6.45) is 0.220. The molecule has 0 spiro atoms. The standard InChI is InChI=1S/C17H20N4O5S2/c18-5-6-19-16(22)11-28-10-14-7-15(27)8-20(14)17(23)26-9-12-1-3-13(4-2-12)21(24)25/h1-4,14-15,27H,6-11H2,(H,19,22). The smallest absolute Gasteiger partial charge is 0.410 e. The van der Waals surface area contributed by atoms with E-state index in [9.17, 15) is 19.7 Å². The van der Waals surface area contributed by atoms with E-state index in [4.69, 9.17) is 10.00 Å². The number of ether oxygens (including phenoxy) is 1. The van der Waals surface area contributed by atoms with Crippen molar-refractivity contribution in [2.45, 2.75) is 24.3 Å². The van der Waals surface area contributed by atoms with Crippen molar-refractivity contribution in [3.63, 3.8) is 0 Å². The quantitative estimate of drug-likeness (QED) is 0.283. The SMILES string of the molecule is N#CCNC(=O)CSCC1CC(S)CN1C(=O)OCc1ccc([N+](=O)[O-])cc1. The molecule has 11 heteroatoms. The largest absolute Gasteiger partial charge is 0.445 e. The fraction of sp³-hybridized carbons (Fsp3) is 0.471. The first-order chi connectivity index (χ1) is 13.4. The summed E-state index contributed by atoms with van der Waals surface area (Å²) in [4.78, 5) is 35.7. The summed E-state index contributed by atoms with van der Waals surface area (Å²) in [6.45, 7) is 0.442. The van der Waals surface area contributed by atoms with Gasteiger partial charge in [0.2, 0.25) is 5.91 Å². The number of amides is 2. The molecule has 9 nitrogen and oxygen atoms in total. The Hall–Kier alpha value is -2.45. The van der Waals surface area contributed by atoms with Crippen LogP contribution in [0.25, 0.3) is 0 Å². The van der Waals surface area contributed by atoms with Crippen molar-refractivity contribution in [3.8, 4) is 6.07 Å². The predicted molar refractivity (Wildman–Crippen MR) is 107 cm³/mol. The molecule has 1 heterocycles. The number of hydrogen-bond donors (Lipinski definition) is 2. The number of nitrogens with zero attached hydrogens (tertiary/aromatic N) is 3. The molecule has 28 heavy (non-hydrogen) atoms. The summed E-state index contributed by atoms with van der Waals surface area (Å²) in [5.74, 6) is 0.546. The minimum absolute atomic E-state index is 0.0149. The molecule has 1 aromatic rings. The zero-order valence-corrected chi connectivity index (χ0v) is 16.7. The number of benzene rings is 1. The summed E-state index contributed by atoms with van der Waals surface area (Å²) < 4.78 is 5.33. The minimum atomic E-state index is -0.490. The number of hydrogen-bond acceptors (Lipinski definition) is 8. The van der Waals surface area contributed by atoms with Crippen LogP contribution in [0.3, 0.4) is 0 Å². The van der Waals surface area contributed by atoms with Crippen molar-refractivity contribution in [2.75, 3.05) is 24.6 Å². The Balaban J connectivity index is 1.82. The molecule has 2 amide bonds. The fourth-order valence-corrected chi connectivity index (χ4v) is 4.10. The Labute approximate surface area is 172 Å². The number of likely N-dealkylation sites (tertiary alicyclic amines) is 1. The van der Waals surface area contributed by atoms with E-state index in [0.29, 0.717) is 24.3 Å². The van der Waals surface area contributed by atoms with Gasteiger partial charge in [0.15, 0.2) is 0 Å². The van der Waals surface area contributed by atoms with Crippen LogP contribution >= 0.6 is 24.4 Å². The van der Waals surface area contributed by atoms with E-state index in [1.54, 1.807) is 17.0 Å². The molecule has 1 aromatic carbocycles. The Morgan fingerprint density at radius 2 is 2.14 bits per heavy atom. The molecule has 2 unspecified atom stereocenters. The normalized spacial score (nSPS) is 18.4. The summed E-state index contributed by atoms with van der Waals surface area (Å²) in [5, 5.41) is 21.6. The number of rotatable bonds is 8. The first kappa shape index (κ1) is 21.8. The molecule has 1 aliphatic rings. The van der Waals surface area contributed by atoms with E-state index < -0.39 is 11.0 Å². The van der Waals surface area contributed by atoms with E-state index in [0.717, 1.165) is 0 Å². The van der Waals surface area contributed by atoms with Crippen molar-refractivity contribution >= 4 is 42.1 Å². The molecule has 150 valence electrons. The third kappa shape index (κ3) is 6.61. The zero-order chi connectivity index (χ0) is 20.5. The van der Waals surface area contributed by atoms with Crippen LogP contribution in [0.2, 0.25) is 0 Å². The molecule has 0 aromatic heterocycles. The van der Waals surface area contributed by atoms with E-state index >= 15 is 0 Å². The third-order valence-electron chi connectivity index (χ3n) is 4.04. The van der Waals surface area contributed by atoms with Gasteiger partial charge in [0.1, 0.15) is 13.2 Å². The van der Waals surface area contributed by atoms with Gasteiger partial charge in [0.05, 0.1) is 16.7 Å². The lowest BCUT2D eigenvalue weighted by Gasteiger charge is -2.23. The summed E-state index contributed by atoms with van der Waals surface area (Å²) in [5.41, 5.74) is 0.629. The Bertz CT molecular complexity index is 753. The van der Waals surface area contributed by atoms with Crippen LogP contribution in [0, 0.1) is 21.4 Å². The highest BCUT2D eigenvalue weighted by molar-refractivity contribution is 8.00. The number of carbonyl (C=O) groups is 2. The first-order valence-corrected chi connectivity index (χ1v) is 10.1. The number of carbonyl (C=O) groups excluding carboxylic acids is 2. The number of nitro groups is 1. The molecular weight excluding hydrogens is 404 g/mol. The van der Waals surface area contributed by atoms with Crippen LogP contribution in [-0.4, -0.2) is 57.7 Å². The average Bonchev–Trinajstić information content (AvgIpc) is 3.05. The molecule has 2 rings (SSSR count). The van der Waals surface area contributed by atoms with Crippen molar-refractivity contribution < 1.29 is 19.2 Å². The van der Waals surface area contributed by atoms with Gasteiger partial charge in [-0.25, -0.2) is 4.79 Å². The highest BCUT2D eigenvalue weighted by Crippen LogP contribution is 2.26. The molecule has 0 bridgehead atoms. The second kappa shape index (κ2) is 10.8. The van der Waals surface area contributed by atoms with Gasteiger partial charge >= 0.3 is 6.09 Å². The van der Waals surface area contributed by atoms with E-state index in [-0.39, 0.29) is 41.8 Å². The van der Waals surface area contributed by atoms with Crippen LogP contribution < -0.4 is 5.32 Å². The van der Waals surface area contributed by atoms with Crippen molar-refractivity contribution in [3.05, 3.63) is 39.9 Å². The summed E-state index contributed by atoms with van der Waals surface area (Å²) in [7, 11) is 0. The highest BCUT2D eigenvalue weighted by atomic mass is 32.2. The van der Waals surface area contributed by atoms with Gasteiger partial charge in [-0.1, -0.05) is 0 Å². The number of nitro benzene ring substituents is 1. The average molecular weight is 425 g/mol. The van der Waals surface area contributed by atoms with E-state index in [2.05, 4.69) is 17.9 Å². The van der Waals surface area contributed by atoms with Gasteiger partial charge in [0.25, 0.3) is 5.69 Å². The molecule has 0 aliphatic carbocycles. The highest BCUT2D eigenvalue weighted by Gasteiger charge is 2.34. The maximum Gasteiger partial charge on any atom is 0.410 e. The van der Waals surface area contributed by atoms with E-state index in [1.165, 1.54) is 23.9 Å². The van der Waals surface area contributed by atoms with Crippen LogP contribution in [0.1, 0.15) is 12.0 Å². The molecule has 1 fully saturated rings. The maximum atomic E-state index is 12.4. The summed E-state index contributed by atoms with van der Waals surface area (Å²) in [6, 6.07) is 7.56. The molecule has 0 saturated carbocycles. The molecule has 0 radical (unpaired) electrons. The fourth-order valence-electron chi connectivity index (χ4n) is 2.69. The molecule has 1 saturated heterocycles. The number of nitrogens with one attached hydrogen (secondary N) is 1. The van der Waals surface area contributed by atoms with Gasteiger partial charge < -0.3 is 15.0 Å². The second-order valence-corrected chi connectivity index (χ2v) is 7.88. The Morgan fingerprint density at radius 3 is 2.79 bits per heavy atom. The monoisotopic (exact) mass is 424 g/mol. The van der Waals surface area contributed by atoms with Gasteiger partial charge in [-0.15, -0.1) is 11.8 Å². The van der Waals surface area contributed by atoms with Crippen molar-refractivity contribution in [2.24, 2.45) is 0 Å². The van der Waals surface area contributed by atoms with Crippen LogP contribution in [0.5, 0.6) is 0 Å². The first-order valence-electron chi connectivity index (χ1n) is 8.47. The number of thioether (sulfide) groups is 1. The lowest BCUT2D eigenvalue weighted by molar-refractivity contribution is -0.384. The molecular formula is C17H20N4O5S2. The maximum absolute atomic E-state index is 12.4. The topological polar surface area (TPSA) is 126 Å². The predicted octanol–water partition coefficient (Wildman–Crippen LogP) is 1.98. The number of nitriles is 1. The second-order valence-electron chi connectivity index (χ2n) is 6.12. The van der Waals surface area contributed by atoms with Gasteiger partial charge in [-0.2, -0.15) is 17.9 Å². The lowest BCUT2D eigenvalue weighted by Crippen LogP contribution is -2.38. The zero-order valence-electron chi connectivity index (χ0n) is 14.9. The van der Waals surface area contributed by atoms with E-state index in [1.807, 2.05) is 6.07 Å². The van der Waals surface area contributed by atoms with Gasteiger partial charge in [0, 0.05) is 35.7 Å². The molecule has 1 aliphatic heterocycles. The molecule has 2 atom stereocenters. The molecule has 1 N–H and O–H groups in total.